The van der Waals surface area contributed by atoms with Crippen molar-refractivity contribution >= 4 is 17.2 Å². The number of carbonyl (C=O) groups is 1. The van der Waals surface area contributed by atoms with Crippen molar-refractivity contribution in [3.63, 3.8) is 0 Å². The van der Waals surface area contributed by atoms with E-state index in [0.717, 1.165) is 66.3 Å². The Morgan fingerprint density at radius 2 is 1.69 bits per heavy atom. The number of thiazole rings is 1. The minimum absolute atomic E-state index is 0.0331. The molecule has 276 valence electrons. The summed E-state index contributed by atoms with van der Waals surface area (Å²) in [5.74, 6) is 2.60. The third-order valence-corrected chi connectivity index (χ3v) is 9.98. The van der Waals surface area contributed by atoms with Crippen molar-refractivity contribution in [2.75, 3.05) is 72.6 Å². The number of nitrogens with one attached hydrogen (secondary N) is 1. The van der Waals surface area contributed by atoms with Gasteiger partial charge in [-0.2, -0.15) is 0 Å². The van der Waals surface area contributed by atoms with Crippen LogP contribution in [0.15, 0.2) is 41.5 Å². The quantitative estimate of drug-likeness (QED) is 0.0442. The van der Waals surface area contributed by atoms with Gasteiger partial charge in [-0.05, 0) is 97.9 Å². The Morgan fingerprint density at radius 1 is 0.902 bits per heavy atom. The number of aromatic nitrogens is 1. The maximum Gasteiger partial charge on any atom is 0.220 e. The standard InChI is InChI=1S/C38H51N5O7S/c1-2-16-49-35-26-30(38-42-33-6-3-4-7-36(33)51-38)10-13-34(35)50-18-5-17-48-31-11-12-32-28(25-31)8-9-29(32)27-37(44)40-14-19-45-21-23-47-24-22-46-20-15-41-43-39/h10-13,25-26,29H,2-9,14-24,27H2,1H3,(H,40,44)/t29-/m0/s1. The molecule has 1 amide bonds. The molecule has 3 aromatic rings. The van der Waals surface area contributed by atoms with E-state index in [1.165, 1.54) is 34.5 Å². The zero-order valence-electron chi connectivity index (χ0n) is 29.7. The van der Waals surface area contributed by atoms with Gasteiger partial charge in [-0.15, -0.1) is 11.3 Å². The Bertz CT molecular complexity index is 1550. The Kier molecular flexibility index (Phi) is 16.2. The van der Waals surface area contributed by atoms with E-state index in [-0.39, 0.29) is 11.8 Å². The molecule has 0 fully saturated rings. The van der Waals surface area contributed by atoms with Gasteiger partial charge in [-0.25, -0.2) is 4.98 Å². The molecule has 5 rings (SSSR count). The van der Waals surface area contributed by atoms with Gasteiger partial charge in [-0.3, -0.25) is 4.79 Å². The van der Waals surface area contributed by atoms with E-state index in [1.807, 2.05) is 23.5 Å². The Labute approximate surface area is 304 Å². The van der Waals surface area contributed by atoms with E-state index in [0.29, 0.717) is 79.0 Å². The summed E-state index contributed by atoms with van der Waals surface area (Å²) in [5.41, 5.74) is 13.0. The summed E-state index contributed by atoms with van der Waals surface area (Å²) in [4.78, 5) is 21.6. The fourth-order valence-electron chi connectivity index (χ4n) is 6.23. The predicted octanol–water partition coefficient (Wildman–Crippen LogP) is 7.22. The van der Waals surface area contributed by atoms with Crippen molar-refractivity contribution in [2.45, 2.75) is 70.6 Å². The van der Waals surface area contributed by atoms with Crippen LogP contribution >= 0.6 is 11.3 Å². The first-order valence-corrected chi connectivity index (χ1v) is 19.1. The predicted molar refractivity (Wildman–Crippen MR) is 197 cm³/mol. The maximum absolute atomic E-state index is 12.6. The van der Waals surface area contributed by atoms with E-state index in [1.54, 1.807) is 0 Å². The van der Waals surface area contributed by atoms with Crippen LogP contribution in [0, 0.1) is 0 Å². The average molecular weight is 722 g/mol. The van der Waals surface area contributed by atoms with Crippen LogP contribution in [0.2, 0.25) is 0 Å². The van der Waals surface area contributed by atoms with Crippen molar-refractivity contribution in [1.29, 1.82) is 0 Å². The molecule has 0 bridgehead atoms. The highest BCUT2D eigenvalue weighted by molar-refractivity contribution is 7.15. The Balaban J connectivity index is 0.961. The van der Waals surface area contributed by atoms with Crippen LogP contribution in [0.4, 0.5) is 0 Å². The second-order valence-electron chi connectivity index (χ2n) is 12.6. The summed E-state index contributed by atoms with van der Waals surface area (Å²) < 4.78 is 34.6. The lowest BCUT2D eigenvalue weighted by Gasteiger charge is -2.14. The molecule has 13 heteroatoms. The highest BCUT2D eigenvalue weighted by Gasteiger charge is 2.25. The van der Waals surface area contributed by atoms with Crippen LogP contribution in [-0.2, 0) is 38.3 Å². The van der Waals surface area contributed by atoms with Gasteiger partial charge in [-0.1, -0.05) is 18.1 Å². The number of hydrogen-bond donors (Lipinski definition) is 1. The van der Waals surface area contributed by atoms with Gasteiger partial charge in [0.15, 0.2) is 11.5 Å². The van der Waals surface area contributed by atoms with E-state index >= 15 is 0 Å². The molecule has 1 aromatic heterocycles. The summed E-state index contributed by atoms with van der Waals surface area (Å²) in [7, 11) is 0. The van der Waals surface area contributed by atoms with E-state index in [9.17, 15) is 4.79 Å². The molecule has 0 unspecified atom stereocenters. The molecule has 2 aromatic carbocycles. The number of rotatable bonds is 24. The summed E-state index contributed by atoms with van der Waals surface area (Å²) in [6.07, 6.45) is 8.72. The van der Waals surface area contributed by atoms with Crippen LogP contribution in [0.1, 0.15) is 73.1 Å². The van der Waals surface area contributed by atoms with E-state index < -0.39 is 0 Å². The molecule has 0 saturated carbocycles. The maximum atomic E-state index is 12.6. The highest BCUT2D eigenvalue weighted by Crippen LogP contribution is 2.38. The lowest BCUT2D eigenvalue weighted by molar-refractivity contribution is -0.121. The van der Waals surface area contributed by atoms with Crippen LogP contribution in [0.3, 0.4) is 0 Å². The minimum Gasteiger partial charge on any atom is -0.493 e. The van der Waals surface area contributed by atoms with Crippen molar-refractivity contribution in [2.24, 2.45) is 5.11 Å². The molecule has 2 aliphatic rings. The molecule has 0 aliphatic heterocycles. The second kappa shape index (κ2) is 21.5. The largest absolute Gasteiger partial charge is 0.493 e. The Hall–Kier alpha value is -3.87. The monoisotopic (exact) mass is 721 g/mol. The molecule has 12 nitrogen and oxygen atoms in total. The molecule has 0 spiro atoms. The third-order valence-electron chi connectivity index (χ3n) is 8.77. The molecule has 0 saturated heterocycles. The lowest BCUT2D eigenvalue weighted by atomic mass is 9.97. The zero-order valence-corrected chi connectivity index (χ0v) is 30.6. The first-order chi connectivity index (χ1) is 25.1. The lowest BCUT2D eigenvalue weighted by Crippen LogP contribution is -2.28. The van der Waals surface area contributed by atoms with Crippen LogP contribution in [-0.4, -0.2) is 83.4 Å². The van der Waals surface area contributed by atoms with Gasteiger partial charge in [0, 0.05) is 41.3 Å². The van der Waals surface area contributed by atoms with Gasteiger partial charge in [0.1, 0.15) is 10.8 Å². The molecule has 51 heavy (non-hydrogen) atoms. The number of carbonyl (C=O) groups excluding carboxylic acids is 1. The van der Waals surface area contributed by atoms with Gasteiger partial charge >= 0.3 is 0 Å². The van der Waals surface area contributed by atoms with Crippen LogP contribution in [0.5, 0.6) is 17.2 Å². The van der Waals surface area contributed by atoms with E-state index in [2.05, 4.69) is 46.5 Å². The van der Waals surface area contributed by atoms with Crippen molar-refractivity contribution in [3.8, 4) is 27.8 Å². The van der Waals surface area contributed by atoms with Gasteiger partial charge in [0.2, 0.25) is 5.91 Å². The smallest absolute Gasteiger partial charge is 0.220 e. The third kappa shape index (κ3) is 12.4. The fraction of sp³-hybridized carbons (Fsp3) is 0.579. The van der Waals surface area contributed by atoms with Crippen LogP contribution < -0.4 is 19.5 Å². The summed E-state index contributed by atoms with van der Waals surface area (Å²) in [6, 6.07) is 12.4. The highest BCUT2D eigenvalue weighted by atomic mass is 32.1. The summed E-state index contributed by atoms with van der Waals surface area (Å²) in [6.45, 7) is 7.17. The number of benzene rings is 2. The van der Waals surface area contributed by atoms with Crippen molar-refractivity contribution < 1.29 is 33.2 Å². The SMILES string of the molecule is CCCOc1cc(-c2nc3c(s2)CCCC3)ccc1OCCCOc1ccc2c(c1)CC[C@H]2CC(=O)NCCOCCOCCOCCN=[N+]=[N-]. The molecule has 1 N–H and O–H groups in total. The fourth-order valence-corrected chi connectivity index (χ4v) is 7.37. The molecule has 1 heterocycles. The summed E-state index contributed by atoms with van der Waals surface area (Å²) in [5, 5.41) is 7.42. The van der Waals surface area contributed by atoms with Gasteiger partial charge < -0.3 is 33.7 Å². The molecule has 2 aliphatic carbocycles. The second-order valence-corrected chi connectivity index (χ2v) is 13.7. The number of amides is 1. The minimum atomic E-state index is 0.0331. The number of nitrogens with zero attached hydrogens (tertiary/aromatic N) is 4. The number of ether oxygens (including phenoxy) is 6. The number of azide groups is 1. The number of aryl methyl sites for hydroxylation is 3. The topological polar surface area (TPSA) is 146 Å². The van der Waals surface area contributed by atoms with Crippen molar-refractivity contribution in [1.82, 2.24) is 10.3 Å². The first-order valence-electron chi connectivity index (χ1n) is 18.3. The molecular weight excluding hydrogens is 671 g/mol. The number of fused-ring (bicyclic) bond motifs is 2. The molecule has 1 atom stereocenters. The molecule has 0 radical (unpaired) electrons. The van der Waals surface area contributed by atoms with E-state index in [4.69, 9.17) is 38.9 Å². The zero-order chi connectivity index (χ0) is 35.5. The van der Waals surface area contributed by atoms with Crippen molar-refractivity contribution in [3.05, 3.63) is 68.5 Å². The number of hydrogen-bond acceptors (Lipinski definition) is 10. The van der Waals surface area contributed by atoms with Crippen LogP contribution in [0.25, 0.3) is 21.0 Å². The Morgan fingerprint density at radius 3 is 2.51 bits per heavy atom. The summed E-state index contributed by atoms with van der Waals surface area (Å²) >= 11 is 1.81. The normalized spacial score (nSPS) is 14.7. The molecular formula is C38H51N5O7S. The van der Waals surface area contributed by atoms with Gasteiger partial charge in [0.25, 0.3) is 0 Å². The van der Waals surface area contributed by atoms with Gasteiger partial charge in [0.05, 0.1) is 65.2 Å². The first kappa shape index (κ1) is 38.4. The average Bonchev–Trinajstić information content (AvgIpc) is 3.77.